The molecule has 0 spiro atoms. The summed E-state index contributed by atoms with van der Waals surface area (Å²) in [6.07, 6.45) is 6.83. The Labute approximate surface area is 145 Å². The predicted molar refractivity (Wildman–Crippen MR) is 91.5 cm³/mol. The molecule has 1 aliphatic heterocycles. The Morgan fingerprint density at radius 1 is 1.20 bits per heavy atom. The van der Waals surface area contributed by atoms with Crippen molar-refractivity contribution >= 4 is 10.9 Å². The van der Waals surface area contributed by atoms with E-state index >= 15 is 0 Å². The number of nitrogens with zero attached hydrogens (tertiary/aromatic N) is 1. The molecule has 25 heavy (non-hydrogen) atoms. The lowest BCUT2D eigenvalue weighted by Gasteiger charge is -2.22. The molecule has 1 saturated heterocycles. The van der Waals surface area contributed by atoms with Crippen LogP contribution in [0.15, 0.2) is 29.2 Å². The van der Waals surface area contributed by atoms with Gasteiger partial charge >= 0.3 is 0 Å². The highest BCUT2D eigenvalue weighted by Crippen LogP contribution is 2.37. The van der Waals surface area contributed by atoms with Crippen molar-refractivity contribution in [1.82, 2.24) is 4.57 Å². The maximum atomic E-state index is 14.3. The second-order valence-corrected chi connectivity index (χ2v) is 6.63. The summed E-state index contributed by atoms with van der Waals surface area (Å²) in [5.41, 5.74) is 0.554. The highest BCUT2D eigenvalue weighted by Gasteiger charge is 2.25. The quantitative estimate of drug-likeness (QED) is 0.752. The monoisotopic (exact) mass is 347 g/mol. The number of halogens is 1. The Morgan fingerprint density at radius 3 is 2.84 bits per heavy atom. The van der Waals surface area contributed by atoms with Crippen LogP contribution in [0.3, 0.4) is 0 Å². The van der Waals surface area contributed by atoms with Crippen LogP contribution in [0.5, 0.6) is 5.75 Å². The summed E-state index contributed by atoms with van der Waals surface area (Å²) in [5.74, 6) is -0.368. The fourth-order valence-corrected chi connectivity index (χ4v) is 3.23. The van der Waals surface area contributed by atoms with Crippen LogP contribution in [0, 0.1) is 5.82 Å². The first-order valence-corrected chi connectivity index (χ1v) is 8.93. The van der Waals surface area contributed by atoms with Crippen LogP contribution in [0.1, 0.15) is 38.1 Å². The molecule has 1 unspecified atom stereocenters. The number of rotatable bonds is 6. The molecule has 0 amide bonds. The zero-order chi connectivity index (χ0) is 17.2. The number of hydrogen-bond donors (Lipinski definition) is 0. The average molecular weight is 347 g/mol. The largest absolute Gasteiger partial charge is 0.488 e. The number of ether oxygens (including phenoxy) is 3. The van der Waals surface area contributed by atoms with Gasteiger partial charge in [0.2, 0.25) is 0 Å². The first-order valence-electron chi connectivity index (χ1n) is 8.93. The van der Waals surface area contributed by atoms with E-state index in [9.17, 15) is 9.18 Å². The molecule has 4 rings (SSSR count). The minimum absolute atomic E-state index is 0.153. The molecule has 0 radical (unpaired) electrons. The van der Waals surface area contributed by atoms with E-state index in [2.05, 4.69) is 0 Å². The zero-order valence-electron chi connectivity index (χ0n) is 14.1. The molecular weight excluding hydrogens is 325 g/mol. The Kier molecular flexibility index (Phi) is 4.72. The van der Waals surface area contributed by atoms with Gasteiger partial charge in [0.1, 0.15) is 6.61 Å². The van der Waals surface area contributed by atoms with Gasteiger partial charge in [-0.2, -0.15) is 0 Å². The fraction of sp³-hybridized carbons (Fsp3) is 0.526. The Morgan fingerprint density at radius 2 is 2.08 bits per heavy atom. The highest BCUT2D eigenvalue weighted by molar-refractivity contribution is 5.80. The van der Waals surface area contributed by atoms with Gasteiger partial charge in [-0.05, 0) is 38.2 Å². The van der Waals surface area contributed by atoms with Crippen LogP contribution in [0.25, 0.3) is 10.9 Å². The smallest absolute Gasteiger partial charge is 0.189 e. The molecule has 134 valence electrons. The van der Waals surface area contributed by atoms with E-state index in [0.717, 1.165) is 44.2 Å². The van der Waals surface area contributed by atoms with Crippen molar-refractivity contribution in [2.75, 3.05) is 19.8 Å². The number of aromatic nitrogens is 1. The summed E-state index contributed by atoms with van der Waals surface area (Å²) in [6, 6.07) is 4.80. The minimum atomic E-state index is -0.521. The molecule has 2 aliphatic rings. The first kappa shape index (κ1) is 16.5. The van der Waals surface area contributed by atoms with E-state index in [0.29, 0.717) is 18.0 Å². The molecule has 6 heteroatoms. The topological polar surface area (TPSA) is 49.7 Å². The maximum Gasteiger partial charge on any atom is 0.189 e. The first-order chi connectivity index (χ1) is 12.2. The van der Waals surface area contributed by atoms with Crippen molar-refractivity contribution in [3.63, 3.8) is 0 Å². The molecule has 1 atom stereocenters. The van der Waals surface area contributed by atoms with E-state index in [1.54, 1.807) is 12.3 Å². The van der Waals surface area contributed by atoms with E-state index in [1.807, 2.05) is 4.57 Å². The van der Waals surface area contributed by atoms with Gasteiger partial charge in [0.05, 0.1) is 12.1 Å². The molecule has 2 aromatic rings. The zero-order valence-corrected chi connectivity index (χ0v) is 14.1. The predicted octanol–water partition coefficient (Wildman–Crippen LogP) is 3.40. The maximum absolute atomic E-state index is 14.3. The molecular formula is C19H22FNO4. The van der Waals surface area contributed by atoms with Crippen LogP contribution in [-0.2, 0) is 9.47 Å². The lowest BCUT2D eigenvalue weighted by atomic mass is 10.2. The normalized spacial score (nSPS) is 20.8. The fourth-order valence-electron chi connectivity index (χ4n) is 3.23. The van der Waals surface area contributed by atoms with Gasteiger partial charge < -0.3 is 18.8 Å². The molecule has 2 heterocycles. The van der Waals surface area contributed by atoms with Gasteiger partial charge in [0.25, 0.3) is 0 Å². The Bertz CT molecular complexity index is 809. The van der Waals surface area contributed by atoms with Crippen LogP contribution in [0.4, 0.5) is 4.39 Å². The van der Waals surface area contributed by atoms with Crippen molar-refractivity contribution < 1.29 is 18.6 Å². The third-order valence-corrected chi connectivity index (χ3v) is 4.70. The van der Waals surface area contributed by atoms with Crippen LogP contribution in [0.2, 0.25) is 0 Å². The van der Waals surface area contributed by atoms with Crippen LogP contribution in [-0.4, -0.2) is 30.7 Å². The summed E-state index contributed by atoms with van der Waals surface area (Å²) in [4.78, 5) is 12.0. The van der Waals surface area contributed by atoms with Gasteiger partial charge in [0, 0.05) is 36.4 Å². The standard InChI is InChI=1S/C19H22FNO4/c20-15-11-14-16(21(13-4-5-13)7-6-17(14)22)12-18(15)23-9-10-25-19-3-1-2-8-24-19/h6-7,11-13,19H,1-5,8-10H2. The van der Waals surface area contributed by atoms with Gasteiger partial charge in [-0.1, -0.05) is 0 Å². The van der Waals surface area contributed by atoms with Gasteiger partial charge in [0.15, 0.2) is 23.3 Å². The van der Waals surface area contributed by atoms with Crippen molar-refractivity contribution in [1.29, 1.82) is 0 Å². The summed E-state index contributed by atoms with van der Waals surface area (Å²) in [5, 5.41) is 0.395. The minimum Gasteiger partial charge on any atom is -0.488 e. The average Bonchev–Trinajstić information content (AvgIpc) is 3.46. The third-order valence-electron chi connectivity index (χ3n) is 4.70. The molecule has 1 aliphatic carbocycles. The third kappa shape index (κ3) is 3.70. The van der Waals surface area contributed by atoms with E-state index in [-0.39, 0.29) is 24.1 Å². The highest BCUT2D eigenvalue weighted by atomic mass is 19.1. The van der Waals surface area contributed by atoms with Crippen molar-refractivity contribution in [2.24, 2.45) is 0 Å². The molecule has 0 bridgehead atoms. The number of benzene rings is 1. The van der Waals surface area contributed by atoms with Crippen LogP contribution < -0.4 is 10.2 Å². The SMILES string of the molecule is O=c1ccn(C2CC2)c2cc(OCCOC3CCCCO3)c(F)cc12. The lowest BCUT2D eigenvalue weighted by Crippen LogP contribution is -2.24. The Hall–Kier alpha value is -1.92. The number of pyridine rings is 1. The van der Waals surface area contributed by atoms with Crippen molar-refractivity contribution in [3.05, 3.63) is 40.4 Å². The molecule has 0 N–H and O–H groups in total. The second kappa shape index (κ2) is 7.14. The van der Waals surface area contributed by atoms with Gasteiger partial charge in [-0.15, -0.1) is 0 Å². The van der Waals surface area contributed by atoms with Crippen LogP contribution >= 0.6 is 0 Å². The molecule has 5 nitrogen and oxygen atoms in total. The second-order valence-electron chi connectivity index (χ2n) is 6.63. The Balaban J connectivity index is 1.46. The summed E-state index contributed by atoms with van der Waals surface area (Å²) in [6.45, 7) is 1.30. The summed E-state index contributed by atoms with van der Waals surface area (Å²) >= 11 is 0. The van der Waals surface area contributed by atoms with E-state index in [4.69, 9.17) is 14.2 Å². The number of hydrogen-bond acceptors (Lipinski definition) is 4. The van der Waals surface area contributed by atoms with Gasteiger partial charge in [-0.25, -0.2) is 4.39 Å². The molecule has 1 aromatic carbocycles. The van der Waals surface area contributed by atoms with Gasteiger partial charge in [-0.3, -0.25) is 4.79 Å². The molecule has 1 aromatic heterocycles. The van der Waals surface area contributed by atoms with Crippen molar-refractivity contribution in [2.45, 2.75) is 44.4 Å². The number of fused-ring (bicyclic) bond motifs is 1. The molecule has 1 saturated carbocycles. The van der Waals surface area contributed by atoms with E-state index < -0.39 is 5.82 Å². The van der Waals surface area contributed by atoms with Crippen molar-refractivity contribution in [3.8, 4) is 5.75 Å². The lowest BCUT2D eigenvalue weighted by molar-refractivity contribution is -0.165. The van der Waals surface area contributed by atoms with E-state index in [1.165, 1.54) is 12.1 Å². The molecule has 2 fully saturated rings. The summed E-state index contributed by atoms with van der Waals surface area (Å²) in [7, 11) is 0. The summed E-state index contributed by atoms with van der Waals surface area (Å²) < 4.78 is 33.0.